The third-order valence-electron chi connectivity index (χ3n) is 6.31. The molecule has 7 heteroatoms. The predicted octanol–water partition coefficient (Wildman–Crippen LogP) is 0.746. The highest BCUT2D eigenvalue weighted by Crippen LogP contribution is 2.42. The van der Waals surface area contributed by atoms with Crippen LogP contribution in [0.1, 0.15) is 11.4 Å². The number of aromatic nitrogens is 2. The Kier molecular flexibility index (Phi) is 5.72. The molecule has 7 nitrogen and oxygen atoms in total. The zero-order chi connectivity index (χ0) is 20.4. The van der Waals surface area contributed by atoms with E-state index < -0.39 is 0 Å². The van der Waals surface area contributed by atoms with Gasteiger partial charge in [-0.3, -0.25) is 9.69 Å². The van der Waals surface area contributed by atoms with Gasteiger partial charge in [0.1, 0.15) is 5.82 Å². The third kappa shape index (κ3) is 4.22. The highest BCUT2D eigenvalue weighted by Gasteiger charge is 2.53. The Labute approximate surface area is 172 Å². The average molecular weight is 398 g/mol. The van der Waals surface area contributed by atoms with Gasteiger partial charge in [-0.1, -0.05) is 30.3 Å². The minimum atomic E-state index is -0.209. The molecule has 3 heterocycles. The van der Waals surface area contributed by atoms with E-state index in [1.165, 1.54) is 5.56 Å². The first kappa shape index (κ1) is 20.1. The van der Waals surface area contributed by atoms with Crippen LogP contribution in [-0.2, 0) is 17.9 Å². The second kappa shape index (κ2) is 8.26. The quantitative estimate of drug-likeness (QED) is 0.747. The average Bonchev–Trinajstić information content (AvgIpc) is 3.35. The van der Waals surface area contributed by atoms with Crippen LogP contribution in [-0.4, -0.2) is 88.7 Å². The smallest absolute Gasteiger partial charge is 0.236 e. The molecule has 156 valence electrons. The standard InChI is InChI=1S/C22H31N5O2/c1-24(2)14-21(29)27-12-19-11-25(15-22(19,16-27)17-28)13-20-23-8-9-26(20)10-18-6-4-3-5-7-18/h3-9,19,28H,10-17H2,1-2H3/t19-,22+/m0/s1. The predicted molar refractivity (Wildman–Crippen MR) is 111 cm³/mol. The molecule has 4 rings (SSSR count). The van der Waals surface area contributed by atoms with Gasteiger partial charge in [-0.2, -0.15) is 0 Å². The van der Waals surface area contributed by atoms with Crippen LogP contribution in [0.15, 0.2) is 42.7 Å². The van der Waals surface area contributed by atoms with Crippen LogP contribution >= 0.6 is 0 Å². The Balaban J connectivity index is 1.40. The van der Waals surface area contributed by atoms with Gasteiger partial charge in [0.15, 0.2) is 0 Å². The second-order valence-corrected chi connectivity index (χ2v) is 8.86. The summed E-state index contributed by atoms with van der Waals surface area (Å²) in [5.74, 6) is 1.51. The highest BCUT2D eigenvalue weighted by atomic mass is 16.3. The molecule has 2 atom stereocenters. The molecule has 1 N–H and O–H groups in total. The lowest BCUT2D eigenvalue weighted by molar-refractivity contribution is -0.131. The summed E-state index contributed by atoms with van der Waals surface area (Å²) in [6.07, 6.45) is 3.89. The molecule has 0 radical (unpaired) electrons. The lowest BCUT2D eigenvalue weighted by atomic mass is 9.82. The first-order valence-corrected chi connectivity index (χ1v) is 10.3. The van der Waals surface area contributed by atoms with E-state index in [9.17, 15) is 9.90 Å². The van der Waals surface area contributed by atoms with E-state index in [2.05, 4.69) is 38.7 Å². The Bertz CT molecular complexity index is 837. The van der Waals surface area contributed by atoms with Crippen molar-refractivity contribution in [3.8, 4) is 0 Å². The molecule has 1 aromatic carbocycles. The summed E-state index contributed by atoms with van der Waals surface area (Å²) in [6, 6.07) is 10.4. The molecule has 0 spiro atoms. The summed E-state index contributed by atoms with van der Waals surface area (Å²) >= 11 is 0. The van der Waals surface area contributed by atoms with Gasteiger partial charge in [-0.05, 0) is 25.6 Å². The molecule has 1 aromatic heterocycles. The van der Waals surface area contributed by atoms with E-state index in [1.807, 2.05) is 42.4 Å². The zero-order valence-corrected chi connectivity index (χ0v) is 17.4. The summed E-state index contributed by atoms with van der Waals surface area (Å²) in [4.78, 5) is 23.3. The first-order valence-electron chi connectivity index (χ1n) is 10.3. The number of amides is 1. The lowest BCUT2D eigenvalue weighted by Crippen LogP contribution is -2.41. The molecule has 0 aliphatic carbocycles. The van der Waals surface area contributed by atoms with E-state index in [4.69, 9.17) is 0 Å². The fourth-order valence-electron chi connectivity index (χ4n) is 4.81. The number of rotatable bonds is 7. The number of hydrogen-bond donors (Lipinski definition) is 1. The van der Waals surface area contributed by atoms with Gasteiger partial charge >= 0.3 is 0 Å². The van der Waals surface area contributed by atoms with Crippen molar-refractivity contribution in [2.45, 2.75) is 13.1 Å². The van der Waals surface area contributed by atoms with Crippen LogP contribution in [0.3, 0.4) is 0 Å². The first-order chi connectivity index (χ1) is 14.0. The number of fused-ring (bicyclic) bond motifs is 1. The van der Waals surface area contributed by atoms with Crippen molar-refractivity contribution in [1.29, 1.82) is 0 Å². The number of hydrogen-bond acceptors (Lipinski definition) is 5. The maximum Gasteiger partial charge on any atom is 0.236 e. The largest absolute Gasteiger partial charge is 0.396 e. The molecule has 2 aliphatic rings. The van der Waals surface area contributed by atoms with Crippen molar-refractivity contribution in [3.05, 3.63) is 54.1 Å². The van der Waals surface area contributed by atoms with Gasteiger partial charge in [-0.25, -0.2) is 4.98 Å². The molecule has 29 heavy (non-hydrogen) atoms. The number of aliphatic hydroxyl groups excluding tert-OH is 1. The number of benzene rings is 1. The molecule has 0 unspecified atom stereocenters. The minimum Gasteiger partial charge on any atom is -0.396 e. The maximum atomic E-state index is 12.5. The van der Waals surface area contributed by atoms with Crippen LogP contribution < -0.4 is 0 Å². The molecule has 0 bridgehead atoms. The van der Waals surface area contributed by atoms with E-state index in [-0.39, 0.29) is 17.9 Å². The summed E-state index contributed by atoms with van der Waals surface area (Å²) in [6.45, 7) is 5.21. The van der Waals surface area contributed by atoms with Gasteiger partial charge in [0.2, 0.25) is 5.91 Å². The Morgan fingerprint density at radius 1 is 1.21 bits per heavy atom. The summed E-state index contributed by atoms with van der Waals surface area (Å²) in [7, 11) is 3.83. The van der Waals surface area contributed by atoms with Crippen molar-refractivity contribution in [1.82, 2.24) is 24.3 Å². The monoisotopic (exact) mass is 397 g/mol. The van der Waals surface area contributed by atoms with Crippen LogP contribution in [0.5, 0.6) is 0 Å². The molecular weight excluding hydrogens is 366 g/mol. The van der Waals surface area contributed by atoms with Crippen LogP contribution in [0.2, 0.25) is 0 Å². The molecule has 1 amide bonds. The number of aliphatic hydroxyl groups is 1. The number of likely N-dealkylation sites (tertiary alicyclic amines) is 2. The number of carbonyl (C=O) groups is 1. The van der Waals surface area contributed by atoms with E-state index in [1.54, 1.807) is 0 Å². The van der Waals surface area contributed by atoms with Crippen molar-refractivity contribution in [3.63, 3.8) is 0 Å². The Morgan fingerprint density at radius 3 is 2.69 bits per heavy atom. The Morgan fingerprint density at radius 2 is 2.00 bits per heavy atom. The van der Waals surface area contributed by atoms with Crippen molar-refractivity contribution < 1.29 is 9.90 Å². The molecule has 2 aromatic rings. The lowest BCUT2D eigenvalue weighted by Gasteiger charge is -2.27. The van der Waals surface area contributed by atoms with E-state index in [0.717, 1.165) is 38.5 Å². The van der Waals surface area contributed by atoms with Crippen LogP contribution in [0.4, 0.5) is 0 Å². The fourth-order valence-corrected chi connectivity index (χ4v) is 4.81. The molecule has 2 aliphatic heterocycles. The van der Waals surface area contributed by atoms with Gasteiger partial charge < -0.3 is 19.5 Å². The van der Waals surface area contributed by atoms with Crippen molar-refractivity contribution in [2.24, 2.45) is 11.3 Å². The normalized spacial score (nSPS) is 24.4. The number of likely N-dealkylation sites (N-methyl/N-ethyl adjacent to an activating group) is 1. The molecule has 2 saturated heterocycles. The summed E-state index contributed by atoms with van der Waals surface area (Å²) in [5, 5.41) is 10.2. The number of carbonyl (C=O) groups excluding carboxylic acids is 1. The summed E-state index contributed by atoms with van der Waals surface area (Å²) < 4.78 is 2.20. The van der Waals surface area contributed by atoms with Crippen molar-refractivity contribution >= 4 is 5.91 Å². The number of nitrogens with zero attached hydrogens (tertiary/aromatic N) is 5. The van der Waals surface area contributed by atoms with Gasteiger partial charge in [0.25, 0.3) is 0 Å². The highest BCUT2D eigenvalue weighted by molar-refractivity contribution is 5.78. The third-order valence-corrected chi connectivity index (χ3v) is 6.31. The SMILES string of the molecule is CN(C)CC(=O)N1C[C@@H]2CN(Cc3nccn3Cc3ccccc3)C[C@]2(CO)C1. The van der Waals surface area contributed by atoms with E-state index >= 15 is 0 Å². The fraction of sp³-hybridized carbons (Fsp3) is 0.545. The van der Waals surface area contributed by atoms with Crippen LogP contribution in [0.25, 0.3) is 0 Å². The maximum absolute atomic E-state index is 12.5. The topological polar surface area (TPSA) is 64.8 Å². The summed E-state index contributed by atoms with van der Waals surface area (Å²) in [5.41, 5.74) is 1.05. The Hall–Kier alpha value is -2.22. The van der Waals surface area contributed by atoms with Crippen LogP contribution in [0, 0.1) is 11.3 Å². The molecular formula is C22H31N5O2. The zero-order valence-electron chi connectivity index (χ0n) is 17.4. The van der Waals surface area contributed by atoms with Gasteiger partial charge in [-0.15, -0.1) is 0 Å². The van der Waals surface area contributed by atoms with Gasteiger partial charge in [0, 0.05) is 50.5 Å². The minimum absolute atomic E-state index is 0.123. The van der Waals surface area contributed by atoms with Gasteiger partial charge in [0.05, 0.1) is 19.7 Å². The molecule has 0 saturated carbocycles. The molecule has 2 fully saturated rings. The van der Waals surface area contributed by atoms with Crippen molar-refractivity contribution in [2.75, 3.05) is 53.4 Å². The number of imidazole rings is 1. The van der Waals surface area contributed by atoms with E-state index in [0.29, 0.717) is 19.0 Å². The second-order valence-electron chi connectivity index (χ2n) is 8.86.